The van der Waals surface area contributed by atoms with Crippen LogP contribution in [0.1, 0.15) is 39.5 Å². The van der Waals surface area contributed by atoms with Crippen LogP contribution < -0.4 is 10.6 Å². The maximum Gasteiger partial charge on any atom is 0.219 e. The molecule has 2 fully saturated rings. The zero-order chi connectivity index (χ0) is 15.8. The van der Waals surface area contributed by atoms with Crippen LogP contribution in [-0.2, 0) is 4.79 Å². The number of amides is 1. The Morgan fingerprint density at radius 3 is 2.45 bits per heavy atom. The van der Waals surface area contributed by atoms with Gasteiger partial charge in [-0.1, -0.05) is 12.8 Å². The second-order valence-corrected chi connectivity index (χ2v) is 6.23. The Balaban J connectivity index is 1.70. The van der Waals surface area contributed by atoms with Crippen molar-refractivity contribution in [2.45, 2.75) is 45.6 Å². The van der Waals surface area contributed by atoms with Crippen LogP contribution in [0.5, 0.6) is 0 Å². The van der Waals surface area contributed by atoms with Gasteiger partial charge in [0.1, 0.15) is 0 Å². The second-order valence-electron chi connectivity index (χ2n) is 6.23. The molecule has 0 bridgehead atoms. The van der Waals surface area contributed by atoms with Gasteiger partial charge in [-0.3, -0.25) is 14.7 Å². The first-order valence-electron chi connectivity index (χ1n) is 8.71. The molecule has 1 saturated heterocycles. The highest BCUT2D eigenvalue weighted by Gasteiger charge is 2.18. The molecular weight excluding hydrogens is 278 g/mol. The number of nitrogens with zero attached hydrogens (tertiary/aromatic N) is 3. The van der Waals surface area contributed by atoms with Crippen LogP contribution in [-0.4, -0.2) is 73.5 Å². The summed E-state index contributed by atoms with van der Waals surface area (Å²) in [5.41, 5.74) is 0. The van der Waals surface area contributed by atoms with Gasteiger partial charge in [-0.2, -0.15) is 0 Å². The van der Waals surface area contributed by atoms with Crippen molar-refractivity contribution >= 4 is 11.9 Å². The van der Waals surface area contributed by atoms with Crippen molar-refractivity contribution in [3.8, 4) is 0 Å². The van der Waals surface area contributed by atoms with Crippen LogP contribution in [0.2, 0.25) is 0 Å². The lowest BCUT2D eigenvalue weighted by Gasteiger charge is -2.33. The van der Waals surface area contributed by atoms with E-state index in [1.54, 1.807) is 6.92 Å². The zero-order valence-corrected chi connectivity index (χ0v) is 14.1. The predicted molar refractivity (Wildman–Crippen MR) is 90.1 cm³/mol. The van der Waals surface area contributed by atoms with E-state index in [4.69, 9.17) is 4.99 Å². The zero-order valence-electron chi connectivity index (χ0n) is 14.1. The molecule has 0 atom stereocenters. The van der Waals surface area contributed by atoms with Crippen molar-refractivity contribution in [2.75, 3.05) is 45.8 Å². The number of carbonyl (C=O) groups is 1. The number of piperazine rings is 1. The molecule has 2 rings (SSSR count). The first-order valence-corrected chi connectivity index (χ1v) is 8.71. The molecule has 2 aliphatic rings. The molecule has 1 amide bonds. The molecule has 0 radical (unpaired) electrons. The van der Waals surface area contributed by atoms with Gasteiger partial charge in [0.05, 0.1) is 6.54 Å². The van der Waals surface area contributed by atoms with Gasteiger partial charge in [-0.25, -0.2) is 0 Å². The van der Waals surface area contributed by atoms with E-state index < -0.39 is 0 Å². The minimum absolute atomic E-state index is 0.188. The van der Waals surface area contributed by atoms with Gasteiger partial charge >= 0.3 is 0 Å². The summed E-state index contributed by atoms with van der Waals surface area (Å²) in [6.07, 6.45) is 5.18. The van der Waals surface area contributed by atoms with Gasteiger partial charge in [-0.15, -0.1) is 0 Å². The van der Waals surface area contributed by atoms with Crippen molar-refractivity contribution < 1.29 is 4.79 Å². The Labute approximate surface area is 134 Å². The fraction of sp³-hybridized carbons (Fsp3) is 0.875. The van der Waals surface area contributed by atoms with E-state index in [-0.39, 0.29) is 5.91 Å². The molecule has 1 saturated carbocycles. The van der Waals surface area contributed by atoms with Crippen LogP contribution in [0.25, 0.3) is 0 Å². The Morgan fingerprint density at radius 1 is 1.18 bits per heavy atom. The summed E-state index contributed by atoms with van der Waals surface area (Å²) in [6, 6.07) is 0.594. The number of hydrogen-bond donors (Lipinski definition) is 2. The van der Waals surface area contributed by atoms with Crippen LogP contribution in [0.15, 0.2) is 4.99 Å². The molecule has 1 aliphatic heterocycles. The molecule has 1 heterocycles. The Kier molecular flexibility index (Phi) is 6.96. The number of aliphatic imine (C=N–C) groups is 1. The highest BCUT2D eigenvalue weighted by molar-refractivity contribution is 5.80. The fourth-order valence-electron chi connectivity index (χ4n) is 3.17. The first kappa shape index (κ1) is 17.1. The van der Waals surface area contributed by atoms with Gasteiger partial charge in [0.2, 0.25) is 5.91 Å². The summed E-state index contributed by atoms with van der Waals surface area (Å²) >= 11 is 0. The van der Waals surface area contributed by atoms with E-state index in [0.717, 1.165) is 51.8 Å². The van der Waals surface area contributed by atoms with Crippen molar-refractivity contribution in [3.63, 3.8) is 0 Å². The molecule has 2 N–H and O–H groups in total. The summed E-state index contributed by atoms with van der Waals surface area (Å²) in [5.74, 6) is 1.14. The van der Waals surface area contributed by atoms with E-state index >= 15 is 0 Å². The topological polar surface area (TPSA) is 60.0 Å². The molecule has 0 aromatic carbocycles. The smallest absolute Gasteiger partial charge is 0.219 e. The van der Waals surface area contributed by atoms with Gasteiger partial charge in [0, 0.05) is 52.2 Å². The number of carbonyl (C=O) groups excluding carboxylic acids is 1. The van der Waals surface area contributed by atoms with Crippen molar-refractivity contribution in [3.05, 3.63) is 0 Å². The molecule has 22 heavy (non-hydrogen) atoms. The number of guanidine groups is 1. The monoisotopic (exact) mass is 309 g/mol. The standard InChI is InChI=1S/C16H31N5O/c1-3-17-16(19-15-6-4-5-7-15)18-8-9-20-10-12-21(13-11-20)14(2)22/h15H,3-13H2,1-2H3,(H2,17,18,19). The van der Waals surface area contributed by atoms with Crippen LogP contribution in [0.3, 0.4) is 0 Å². The molecule has 0 aromatic rings. The second kappa shape index (κ2) is 8.98. The van der Waals surface area contributed by atoms with Gasteiger partial charge in [-0.05, 0) is 19.8 Å². The lowest BCUT2D eigenvalue weighted by Crippen LogP contribution is -2.48. The van der Waals surface area contributed by atoms with Gasteiger partial charge in [0.25, 0.3) is 0 Å². The summed E-state index contributed by atoms with van der Waals surface area (Å²) < 4.78 is 0. The van der Waals surface area contributed by atoms with Gasteiger partial charge in [0.15, 0.2) is 5.96 Å². The highest BCUT2D eigenvalue weighted by Crippen LogP contribution is 2.17. The Hall–Kier alpha value is -1.30. The third-order valence-corrected chi connectivity index (χ3v) is 4.54. The lowest BCUT2D eigenvalue weighted by molar-refractivity contribution is -0.130. The van der Waals surface area contributed by atoms with E-state index in [0.29, 0.717) is 6.04 Å². The highest BCUT2D eigenvalue weighted by atomic mass is 16.2. The van der Waals surface area contributed by atoms with E-state index in [1.165, 1.54) is 25.7 Å². The van der Waals surface area contributed by atoms with Crippen LogP contribution in [0, 0.1) is 0 Å². The van der Waals surface area contributed by atoms with E-state index in [2.05, 4.69) is 22.5 Å². The maximum atomic E-state index is 11.3. The molecule has 1 aliphatic carbocycles. The van der Waals surface area contributed by atoms with E-state index in [1.807, 2.05) is 4.90 Å². The molecule has 0 spiro atoms. The SMILES string of the molecule is CCNC(=NCCN1CCN(C(C)=O)CC1)NC1CCCC1. The normalized spacial score (nSPS) is 21.2. The summed E-state index contributed by atoms with van der Waals surface area (Å²) in [5, 5.41) is 6.88. The third-order valence-electron chi connectivity index (χ3n) is 4.54. The summed E-state index contributed by atoms with van der Waals surface area (Å²) in [6.45, 7) is 10.0. The fourth-order valence-corrected chi connectivity index (χ4v) is 3.17. The number of rotatable bonds is 5. The first-order chi connectivity index (χ1) is 10.7. The number of hydrogen-bond acceptors (Lipinski definition) is 3. The third kappa shape index (κ3) is 5.48. The number of nitrogens with one attached hydrogen (secondary N) is 2. The Bertz CT molecular complexity index is 371. The molecule has 126 valence electrons. The summed E-state index contributed by atoms with van der Waals surface area (Å²) in [4.78, 5) is 20.3. The van der Waals surface area contributed by atoms with Crippen molar-refractivity contribution in [1.82, 2.24) is 20.4 Å². The predicted octanol–water partition coefficient (Wildman–Crippen LogP) is 0.648. The Morgan fingerprint density at radius 2 is 1.86 bits per heavy atom. The van der Waals surface area contributed by atoms with Crippen LogP contribution >= 0.6 is 0 Å². The molecule has 6 heteroatoms. The molecule has 6 nitrogen and oxygen atoms in total. The van der Waals surface area contributed by atoms with Crippen LogP contribution in [0.4, 0.5) is 0 Å². The van der Waals surface area contributed by atoms with Gasteiger partial charge < -0.3 is 15.5 Å². The lowest BCUT2D eigenvalue weighted by atomic mass is 10.2. The largest absolute Gasteiger partial charge is 0.357 e. The summed E-state index contributed by atoms with van der Waals surface area (Å²) in [7, 11) is 0. The van der Waals surface area contributed by atoms with Crippen molar-refractivity contribution in [1.29, 1.82) is 0 Å². The average Bonchev–Trinajstić information content (AvgIpc) is 3.01. The molecule has 0 unspecified atom stereocenters. The average molecular weight is 309 g/mol. The van der Waals surface area contributed by atoms with Crippen molar-refractivity contribution in [2.24, 2.45) is 4.99 Å². The van der Waals surface area contributed by atoms with E-state index in [9.17, 15) is 4.79 Å². The maximum absolute atomic E-state index is 11.3. The molecule has 0 aromatic heterocycles. The molecular formula is C16H31N5O. The quantitative estimate of drug-likeness (QED) is 0.578. The minimum Gasteiger partial charge on any atom is -0.357 e. The minimum atomic E-state index is 0.188.